The number of nitrogens with one attached hydrogen (secondary N) is 3. The van der Waals surface area contributed by atoms with E-state index in [1.54, 1.807) is 43.5 Å². The van der Waals surface area contributed by atoms with Crippen LogP contribution in [0.15, 0.2) is 79.0 Å². The zero-order valence-electron chi connectivity index (χ0n) is 16.5. The van der Waals surface area contributed by atoms with Gasteiger partial charge in [0.1, 0.15) is 11.6 Å². The standard InChI is InChI=1S/C24H22FN3O2/c1-30-19-12-10-18(11-13-19)28-24(29)27-14-21(16-6-8-17(25)9-7-16)22-15-26-23-5-3-2-4-20(22)23/h2-13,15,21,26H,14H2,1H3,(H2,27,28,29)/t21-/m1/s1. The summed E-state index contributed by atoms with van der Waals surface area (Å²) in [6.45, 7) is 0.357. The highest BCUT2D eigenvalue weighted by molar-refractivity contribution is 5.89. The SMILES string of the molecule is COc1ccc(NC(=O)NC[C@H](c2ccc(F)cc2)c2c[nH]c3ccccc23)cc1. The summed E-state index contributed by atoms with van der Waals surface area (Å²) < 4.78 is 18.6. The van der Waals surface area contributed by atoms with Crippen LogP contribution in [-0.4, -0.2) is 24.7 Å². The first-order chi connectivity index (χ1) is 14.6. The van der Waals surface area contributed by atoms with Crippen LogP contribution >= 0.6 is 0 Å². The highest BCUT2D eigenvalue weighted by Gasteiger charge is 2.19. The Kier molecular flexibility index (Phi) is 5.66. The summed E-state index contributed by atoms with van der Waals surface area (Å²) in [7, 11) is 1.59. The number of benzene rings is 3. The first-order valence-corrected chi connectivity index (χ1v) is 9.64. The summed E-state index contributed by atoms with van der Waals surface area (Å²) in [4.78, 5) is 15.7. The Balaban J connectivity index is 1.54. The smallest absolute Gasteiger partial charge is 0.319 e. The van der Waals surface area contributed by atoms with Gasteiger partial charge in [-0.05, 0) is 53.6 Å². The molecule has 0 unspecified atom stereocenters. The van der Waals surface area contributed by atoms with E-state index in [0.29, 0.717) is 12.2 Å². The van der Waals surface area contributed by atoms with E-state index in [4.69, 9.17) is 4.74 Å². The van der Waals surface area contributed by atoms with Crippen molar-refractivity contribution in [3.05, 3.63) is 95.9 Å². The second kappa shape index (κ2) is 8.69. The van der Waals surface area contributed by atoms with Gasteiger partial charge in [-0.15, -0.1) is 0 Å². The van der Waals surface area contributed by atoms with Gasteiger partial charge in [-0.3, -0.25) is 0 Å². The Morgan fingerprint density at radius 1 is 1.03 bits per heavy atom. The van der Waals surface area contributed by atoms with Crippen molar-refractivity contribution >= 4 is 22.6 Å². The van der Waals surface area contributed by atoms with Crippen LogP contribution < -0.4 is 15.4 Å². The molecule has 0 radical (unpaired) electrons. The molecular weight excluding hydrogens is 381 g/mol. The highest BCUT2D eigenvalue weighted by Crippen LogP contribution is 2.30. The molecular formula is C24H22FN3O2. The number of carbonyl (C=O) groups is 1. The normalized spacial score (nSPS) is 11.8. The number of rotatable bonds is 6. The number of halogens is 1. The lowest BCUT2D eigenvalue weighted by Crippen LogP contribution is -2.32. The molecule has 2 amide bonds. The quantitative estimate of drug-likeness (QED) is 0.411. The number of aromatic amines is 1. The van der Waals surface area contributed by atoms with Gasteiger partial charge in [0, 0.05) is 35.2 Å². The summed E-state index contributed by atoms with van der Waals surface area (Å²) in [5.41, 5.74) is 3.65. The number of anilines is 1. The van der Waals surface area contributed by atoms with E-state index < -0.39 is 0 Å². The molecule has 0 aliphatic carbocycles. The minimum Gasteiger partial charge on any atom is -0.497 e. The average molecular weight is 403 g/mol. The Bertz CT molecular complexity index is 1140. The number of carbonyl (C=O) groups excluding carboxylic acids is 1. The maximum Gasteiger partial charge on any atom is 0.319 e. The number of H-pyrrole nitrogens is 1. The van der Waals surface area contributed by atoms with Crippen molar-refractivity contribution in [2.45, 2.75) is 5.92 Å². The number of methoxy groups -OCH3 is 1. The van der Waals surface area contributed by atoms with Crippen molar-refractivity contribution in [3.8, 4) is 5.75 Å². The number of aromatic nitrogens is 1. The molecule has 4 aromatic rings. The summed E-state index contributed by atoms with van der Waals surface area (Å²) in [6, 6.07) is 21.2. The second-order valence-electron chi connectivity index (χ2n) is 6.96. The molecule has 1 aromatic heterocycles. The maximum absolute atomic E-state index is 13.5. The number of amides is 2. The van der Waals surface area contributed by atoms with Gasteiger partial charge in [0.25, 0.3) is 0 Å². The van der Waals surface area contributed by atoms with E-state index in [0.717, 1.165) is 27.8 Å². The highest BCUT2D eigenvalue weighted by atomic mass is 19.1. The largest absolute Gasteiger partial charge is 0.497 e. The van der Waals surface area contributed by atoms with Crippen molar-refractivity contribution in [2.24, 2.45) is 0 Å². The van der Waals surface area contributed by atoms with Crippen molar-refractivity contribution in [3.63, 3.8) is 0 Å². The van der Waals surface area contributed by atoms with Crippen LogP contribution in [0.1, 0.15) is 17.0 Å². The van der Waals surface area contributed by atoms with Crippen LogP contribution in [0.4, 0.5) is 14.9 Å². The predicted octanol–water partition coefficient (Wildman–Crippen LogP) is 5.27. The predicted molar refractivity (Wildman–Crippen MR) is 117 cm³/mol. The van der Waals surface area contributed by atoms with Gasteiger partial charge < -0.3 is 20.4 Å². The van der Waals surface area contributed by atoms with Gasteiger partial charge in [-0.1, -0.05) is 30.3 Å². The zero-order valence-corrected chi connectivity index (χ0v) is 16.5. The van der Waals surface area contributed by atoms with Crippen LogP contribution in [0.3, 0.4) is 0 Å². The average Bonchev–Trinajstić information content (AvgIpc) is 3.20. The molecule has 1 heterocycles. The molecule has 152 valence electrons. The van der Waals surface area contributed by atoms with Gasteiger partial charge in [0.05, 0.1) is 7.11 Å². The zero-order chi connectivity index (χ0) is 20.9. The van der Waals surface area contributed by atoms with Gasteiger partial charge in [0.2, 0.25) is 0 Å². The Labute approximate surface area is 173 Å². The minimum absolute atomic E-state index is 0.136. The summed E-state index contributed by atoms with van der Waals surface area (Å²) in [6.07, 6.45) is 1.95. The molecule has 1 atom stereocenters. The number of hydrogen-bond donors (Lipinski definition) is 3. The van der Waals surface area contributed by atoms with Crippen molar-refractivity contribution in [2.75, 3.05) is 19.0 Å². The molecule has 0 saturated heterocycles. The summed E-state index contributed by atoms with van der Waals surface area (Å²) in [5.74, 6) is 0.293. The van der Waals surface area contributed by atoms with E-state index in [2.05, 4.69) is 15.6 Å². The third-order valence-electron chi connectivity index (χ3n) is 5.08. The Morgan fingerprint density at radius 2 is 1.77 bits per heavy atom. The third-order valence-corrected chi connectivity index (χ3v) is 5.08. The van der Waals surface area contributed by atoms with Crippen LogP contribution in [-0.2, 0) is 0 Å². The molecule has 6 heteroatoms. The fourth-order valence-corrected chi connectivity index (χ4v) is 3.53. The molecule has 0 bridgehead atoms. The fraction of sp³-hybridized carbons (Fsp3) is 0.125. The molecule has 3 aromatic carbocycles. The van der Waals surface area contributed by atoms with Crippen molar-refractivity contribution in [1.29, 1.82) is 0 Å². The Morgan fingerprint density at radius 3 is 2.50 bits per heavy atom. The number of urea groups is 1. The van der Waals surface area contributed by atoms with E-state index in [1.807, 2.05) is 30.5 Å². The number of ether oxygens (including phenoxy) is 1. The van der Waals surface area contributed by atoms with Crippen molar-refractivity contribution in [1.82, 2.24) is 10.3 Å². The molecule has 0 fully saturated rings. The first-order valence-electron chi connectivity index (χ1n) is 9.64. The lowest BCUT2D eigenvalue weighted by Gasteiger charge is -2.18. The molecule has 0 spiro atoms. The Hall–Kier alpha value is -3.80. The van der Waals surface area contributed by atoms with Crippen LogP contribution in [0.2, 0.25) is 0 Å². The molecule has 0 aliphatic rings. The lowest BCUT2D eigenvalue weighted by atomic mass is 9.91. The summed E-state index contributed by atoms with van der Waals surface area (Å²) >= 11 is 0. The summed E-state index contributed by atoms with van der Waals surface area (Å²) in [5, 5.41) is 6.83. The molecule has 5 nitrogen and oxygen atoms in total. The lowest BCUT2D eigenvalue weighted by molar-refractivity contribution is 0.252. The number of hydrogen-bond acceptors (Lipinski definition) is 2. The topological polar surface area (TPSA) is 66.2 Å². The van der Waals surface area contributed by atoms with Crippen molar-refractivity contribution < 1.29 is 13.9 Å². The monoisotopic (exact) mass is 403 g/mol. The van der Waals surface area contributed by atoms with E-state index in [9.17, 15) is 9.18 Å². The first kappa shape index (κ1) is 19.5. The molecule has 30 heavy (non-hydrogen) atoms. The molecule has 4 rings (SSSR count). The third kappa shape index (κ3) is 4.27. The van der Waals surface area contributed by atoms with E-state index in [1.165, 1.54) is 12.1 Å². The number of para-hydroxylation sites is 1. The van der Waals surface area contributed by atoms with Gasteiger partial charge in [-0.25, -0.2) is 9.18 Å². The van der Waals surface area contributed by atoms with Crippen LogP contribution in [0.25, 0.3) is 10.9 Å². The van der Waals surface area contributed by atoms with E-state index in [-0.39, 0.29) is 17.8 Å². The molecule has 3 N–H and O–H groups in total. The minimum atomic E-state index is -0.313. The van der Waals surface area contributed by atoms with Gasteiger partial charge in [-0.2, -0.15) is 0 Å². The van der Waals surface area contributed by atoms with Crippen LogP contribution in [0, 0.1) is 5.82 Å². The van der Waals surface area contributed by atoms with Crippen LogP contribution in [0.5, 0.6) is 5.75 Å². The maximum atomic E-state index is 13.5. The van der Waals surface area contributed by atoms with E-state index >= 15 is 0 Å². The van der Waals surface area contributed by atoms with Gasteiger partial charge in [0.15, 0.2) is 0 Å². The molecule has 0 saturated carbocycles. The second-order valence-corrected chi connectivity index (χ2v) is 6.96. The van der Waals surface area contributed by atoms with Gasteiger partial charge >= 0.3 is 6.03 Å². The molecule has 0 aliphatic heterocycles. The fourth-order valence-electron chi connectivity index (χ4n) is 3.53. The number of fused-ring (bicyclic) bond motifs is 1.